The van der Waals surface area contributed by atoms with Gasteiger partial charge in [0, 0.05) is 39.0 Å². The van der Waals surface area contributed by atoms with Crippen LogP contribution in [0, 0.1) is 17.8 Å². The monoisotopic (exact) mass is 458 g/mol. The average Bonchev–Trinajstić information content (AvgIpc) is 3.54. The summed E-state index contributed by atoms with van der Waals surface area (Å²) in [5.41, 5.74) is 0. The van der Waals surface area contributed by atoms with Gasteiger partial charge >= 0.3 is 0 Å². The number of hydrogen-bond acceptors (Lipinski definition) is 6. The number of nitrogens with one attached hydrogen (secondary N) is 1. The standard InChI is InChI=1S/C21H35ClN4O3S/c1-2-30(27,28)26-10-5-19(6-11-26)29-12-7-17-13-20(17)16-3-8-25(9-4-16)21-23-14-18(22)15-24-21/h14,16-17,19-20H,2-13,15H2,1H3,(H,23,24)/t17-,20-/m1/s1. The maximum Gasteiger partial charge on any atom is 0.213 e. The van der Waals surface area contributed by atoms with Gasteiger partial charge in [0.05, 0.1) is 23.4 Å². The van der Waals surface area contributed by atoms with Crippen LogP contribution in [0.2, 0.25) is 0 Å². The van der Waals surface area contributed by atoms with Crippen molar-refractivity contribution in [2.24, 2.45) is 22.7 Å². The van der Waals surface area contributed by atoms with E-state index in [0.29, 0.717) is 19.6 Å². The third kappa shape index (κ3) is 5.50. The van der Waals surface area contributed by atoms with Gasteiger partial charge in [0.15, 0.2) is 5.96 Å². The molecule has 1 N–H and O–H groups in total. The molecule has 4 aliphatic rings. The zero-order valence-corrected chi connectivity index (χ0v) is 19.5. The summed E-state index contributed by atoms with van der Waals surface area (Å²) in [6.45, 7) is 6.56. The summed E-state index contributed by atoms with van der Waals surface area (Å²) in [5, 5.41) is 4.06. The fourth-order valence-electron chi connectivity index (χ4n) is 5.14. The maximum absolute atomic E-state index is 11.9. The van der Waals surface area contributed by atoms with E-state index >= 15 is 0 Å². The molecule has 0 aromatic heterocycles. The highest BCUT2D eigenvalue weighted by molar-refractivity contribution is 7.89. The fraction of sp³-hybridized carbons (Fsp3) is 0.857. The predicted molar refractivity (Wildman–Crippen MR) is 120 cm³/mol. The Balaban J connectivity index is 1.10. The lowest BCUT2D eigenvalue weighted by Crippen LogP contribution is -2.47. The molecule has 0 bridgehead atoms. The molecule has 2 saturated heterocycles. The van der Waals surface area contributed by atoms with E-state index in [4.69, 9.17) is 16.3 Å². The molecule has 7 nitrogen and oxygen atoms in total. The summed E-state index contributed by atoms with van der Waals surface area (Å²) in [7, 11) is -3.05. The lowest BCUT2D eigenvalue weighted by Gasteiger charge is -2.35. The maximum atomic E-state index is 11.9. The molecule has 1 saturated carbocycles. The van der Waals surface area contributed by atoms with Crippen LogP contribution in [0.4, 0.5) is 0 Å². The molecule has 3 fully saturated rings. The molecule has 30 heavy (non-hydrogen) atoms. The first kappa shape index (κ1) is 22.4. The second-order valence-electron chi connectivity index (χ2n) is 9.02. The van der Waals surface area contributed by atoms with Crippen LogP contribution in [0.3, 0.4) is 0 Å². The van der Waals surface area contributed by atoms with E-state index in [1.165, 1.54) is 19.3 Å². The van der Waals surface area contributed by atoms with Crippen molar-refractivity contribution in [2.45, 2.75) is 51.6 Å². The van der Waals surface area contributed by atoms with Crippen LogP contribution >= 0.6 is 11.6 Å². The predicted octanol–water partition coefficient (Wildman–Crippen LogP) is 2.59. The number of hydrogen-bond donors (Lipinski definition) is 1. The number of guanidine groups is 1. The van der Waals surface area contributed by atoms with Crippen molar-refractivity contribution in [3.63, 3.8) is 0 Å². The number of halogens is 1. The molecule has 4 rings (SSSR count). The van der Waals surface area contributed by atoms with Gasteiger partial charge in [-0.1, -0.05) is 11.6 Å². The van der Waals surface area contributed by atoms with Crippen LogP contribution in [0.15, 0.2) is 16.2 Å². The molecule has 3 aliphatic heterocycles. The SMILES string of the molecule is CCS(=O)(=O)N1CCC(OCC[C@@H]2C[C@@H]2C2CCN(C3=NC=C(Cl)CN3)CC2)CC1. The molecule has 2 atom stereocenters. The second kappa shape index (κ2) is 9.76. The van der Waals surface area contributed by atoms with E-state index in [1.54, 1.807) is 17.4 Å². The number of sulfonamides is 1. The first-order valence-electron chi connectivity index (χ1n) is 11.5. The minimum atomic E-state index is -3.05. The number of nitrogens with zero attached hydrogens (tertiary/aromatic N) is 3. The van der Waals surface area contributed by atoms with Gasteiger partial charge in [-0.2, -0.15) is 0 Å². The molecule has 1 aliphatic carbocycles. The number of aliphatic imine (C=N–C) groups is 1. The molecule has 0 spiro atoms. The zero-order chi connectivity index (χ0) is 21.1. The first-order chi connectivity index (χ1) is 14.5. The van der Waals surface area contributed by atoms with Crippen LogP contribution in [0.25, 0.3) is 0 Å². The number of piperidine rings is 2. The van der Waals surface area contributed by atoms with Gasteiger partial charge < -0.3 is 15.0 Å². The molecule has 9 heteroatoms. The van der Waals surface area contributed by atoms with Crippen molar-refractivity contribution >= 4 is 27.6 Å². The Hall–Kier alpha value is -0.830. The topological polar surface area (TPSA) is 74.2 Å². The van der Waals surface area contributed by atoms with E-state index in [1.807, 2.05) is 0 Å². The Morgan fingerprint density at radius 3 is 2.57 bits per heavy atom. The van der Waals surface area contributed by atoms with Crippen molar-refractivity contribution in [3.05, 3.63) is 11.2 Å². The lowest BCUT2D eigenvalue weighted by molar-refractivity contribution is 0.0173. The van der Waals surface area contributed by atoms with Crippen molar-refractivity contribution in [1.29, 1.82) is 0 Å². The van der Waals surface area contributed by atoms with Crippen molar-refractivity contribution < 1.29 is 13.2 Å². The van der Waals surface area contributed by atoms with Gasteiger partial charge in [-0.3, -0.25) is 0 Å². The largest absolute Gasteiger partial charge is 0.378 e. The van der Waals surface area contributed by atoms with E-state index in [0.717, 1.165) is 67.7 Å². The second-order valence-corrected chi connectivity index (χ2v) is 11.8. The van der Waals surface area contributed by atoms with E-state index in [-0.39, 0.29) is 11.9 Å². The Morgan fingerprint density at radius 1 is 1.20 bits per heavy atom. The third-order valence-corrected chi connectivity index (χ3v) is 9.28. The Labute approximate surface area is 185 Å². The minimum Gasteiger partial charge on any atom is -0.378 e. The molecule has 0 aromatic carbocycles. The van der Waals surface area contributed by atoms with E-state index in [2.05, 4.69) is 15.2 Å². The van der Waals surface area contributed by atoms with Gasteiger partial charge in [-0.05, 0) is 63.2 Å². The first-order valence-corrected chi connectivity index (χ1v) is 13.5. The molecule has 0 radical (unpaired) electrons. The number of likely N-dealkylation sites (tertiary alicyclic amines) is 1. The van der Waals surface area contributed by atoms with Gasteiger partial charge in [-0.15, -0.1) is 0 Å². The Morgan fingerprint density at radius 2 is 1.93 bits per heavy atom. The highest BCUT2D eigenvalue weighted by Crippen LogP contribution is 2.49. The third-order valence-electron chi connectivity index (χ3n) is 7.17. The minimum absolute atomic E-state index is 0.191. The molecule has 0 unspecified atom stereocenters. The fourth-order valence-corrected chi connectivity index (χ4v) is 6.39. The van der Waals surface area contributed by atoms with Crippen molar-refractivity contribution in [3.8, 4) is 0 Å². The number of rotatable bonds is 7. The molecule has 0 amide bonds. The van der Waals surface area contributed by atoms with Crippen molar-refractivity contribution in [2.75, 3.05) is 45.1 Å². The molecule has 170 valence electrons. The quantitative estimate of drug-likeness (QED) is 0.634. The number of ether oxygens (including phenoxy) is 1. The average molecular weight is 459 g/mol. The van der Waals surface area contributed by atoms with Crippen LogP contribution in [0.5, 0.6) is 0 Å². The van der Waals surface area contributed by atoms with Crippen LogP contribution in [-0.4, -0.2) is 74.8 Å². The Bertz CT molecular complexity index is 756. The van der Waals surface area contributed by atoms with Crippen LogP contribution in [-0.2, 0) is 14.8 Å². The van der Waals surface area contributed by atoms with E-state index in [9.17, 15) is 8.42 Å². The summed E-state index contributed by atoms with van der Waals surface area (Å²) < 4.78 is 31.6. The van der Waals surface area contributed by atoms with Crippen molar-refractivity contribution in [1.82, 2.24) is 14.5 Å². The van der Waals surface area contributed by atoms with Gasteiger partial charge in [-0.25, -0.2) is 17.7 Å². The normalized spacial score (nSPS) is 29.3. The molecular weight excluding hydrogens is 424 g/mol. The highest BCUT2D eigenvalue weighted by atomic mass is 35.5. The summed E-state index contributed by atoms with van der Waals surface area (Å²) in [4.78, 5) is 6.78. The lowest BCUT2D eigenvalue weighted by atomic mass is 9.90. The van der Waals surface area contributed by atoms with Crippen LogP contribution < -0.4 is 5.32 Å². The summed E-state index contributed by atoms with van der Waals surface area (Å²) in [6, 6.07) is 0. The summed E-state index contributed by atoms with van der Waals surface area (Å²) >= 11 is 5.97. The smallest absolute Gasteiger partial charge is 0.213 e. The molecular formula is C21H35ClN4O3S. The zero-order valence-electron chi connectivity index (χ0n) is 17.9. The summed E-state index contributed by atoms with van der Waals surface area (Å²) in [5.74, 6) is 3.67. The highest BCUT2D eigenvalue weighted by Gasteiger charge is 2.43. The summed E-state index contributed by atoms with van der Waals surface area (Å²) in [6.07, 6.45) is 8.60. The van der Waals surface area contributed by atoms with E-state index < -0.39 is 10.0 Å². The van der Waals surface area contributed by atoms with Gasteiger partial charge in [0.2, 0.25) is 10.0 Å². The van der Waals surface area contributed by atoms with Gasteiger partial charge in [0.25, 0.3) is 0 Å². The van der Waals surface area contributed by atoms with Gasteiger partial charge in [0.1, 0.15) is 0 Å². The van der Waals surface area contributed by atoms with Crippen LogP contribution in [0.1, 0.15) is 45.4 Å². The molecule has 0 aromatic rings. The Kier molecular flexibility index (Phi) is 7.27. The molecule has 3 heterocycles.